The van der Waals surface area contributed by atoms with Gasteiger partial charge in [0.2, 0.25) is 0 Å². The smallest absolute Gasteiger partial charge is 0.0811 e. The molecular formula is C28H43NO3. The molecule has 3 rings (SSSR count). The predicted molar refractivity (Wildman–Crippen MR) is 132 cm³/mol. The third-order valence-corrected chi connectivity index (χ3v) is 7.85. The molecular weight excluding hydrogens is 398 g/mol. The van der Waals surface area contributed by atoms with Gasteiger partial charge in [-0.15, -0.1) is 0 Å². The van der Waals surface area contributed by atoms with Crippen LogP contribution in [0.3, 0.4) is 0 Å². The molecule has 0 spiro atoms. The first-order valence-electron chi connectivity index (χ1n) is 12.5. The van der Waals surface area contributed by atoms with Crippen LogP contribution in [0.15, 0.2) is 52.3 Å². The number of nitrogens with zero attached hydrogens (tertiary/aromatic N) is 1. The van der Waals surface area contributed by atoms with Crippen molar-refractivity contribution in [2.75, 3.05) is 0 Å². The summed E-state index contributed by atoms with van der Waals surface area (Å²) in [6.07, 6.45) is 14.5. The van der Waals surface area contributed by atoms with Crippen LogP contribution in [0.5, 0.6) is 0 Å². The van der Waals surface area contributed by atoms with Crippen molar-refractivity contribution in [2.24, 2.45) is 28.3 Å². The molecule has 3 aliphatic rings. The molecule has 178 valence electrons. The van der Waals surface area contributed by atoms with E-state index in [1.807, 2.05) is 0 Å². The van der Waals surface area contributed by atoms with Gasteiger partial charge in [0.05, 0.1) is 17.9 Å². The van der Waals surface area contributed by atoms with Gasteiger partial charge in [-0.3, -0.25) is 0 Å². The molecule has 0 radical (unpaired) electrons. The summed E-state index contributed by atoms with van der Waals surface area (Å²) in [5, 5.41) is 33.0. The molecule has 3 N–H and O–H groups in total. The van der Waals surface area contributed by atoms with E-state index in [0.717, 1.165) is 49.0 Å². The van der Waals surface area contributed by atoms with Gasteiger partial charge < -0.3 is 15.4 Å². The maximum Gasteiger partial charge on any atom is 0.0811 e. The number of aliphatic hydroxyl groups excluding tert-OH is 2. The van der Waals surface area contributed by atoms with Gasteiger partial charge in [0, 0.05) is 11.8 Å². The number of rotatable bonds is 6. The Morgan fingerprint density at radius 2 is 2.00 bits per heavy atom. The first-order chi connectivity index (χ1) is 15.1. The molecule has 0 amide bonds. The van der Waals surface area contributed by atoms with E-state index in [1.165, 1.54) is 18.4 Å². The number of hydrogen-bond acceptors (Lipinski definition) is 4. The maximum absolute atomic E-state index is 10.1. The lowest BCUT2D eigenvalue weighted by molar-refractivity contribution is 0.0862. The van der Waals surface area contributed by atoms with E-state index < -0.39 is 12.2 Å². The Labute approximate surface area is 194 Å². The molecule has 3 aliphatic carbocycles. The molecule has 5 atom stereocenters. The van der Waals surface area contributed by atoms with E-state index in [1.54, 1.807) is 5.57 Å². The zero-order valence-corrected chi connectivity index (χ0v) is 20.5. The normalized spacial score (nSPS) is 32.9. The highest BCUT2D eigenvalue weighted by molar-refractivity contribution is 5.88. The molecule has 4 heteroatoms. The van der Waals surface area contributed by atoms with Crippen molar-refractivity contribution in [3.05, 3.63) is 47.1 Å². The fraction of sp³-hybridized carbons (Fsp3) is 0.679. The van der Waals surface area contributed by atoms with Crippen molar-refractivity contribution >= 4 is 5.71 Å². The molecule has 0 unspecified atom stereocenters. The first-order valence-corrected chi connectivity index (χ1v) is 12.5. The molecule has 0 aliphatic heterocycles. The molecule has 0 aromatic carbocycles. The lowest BCUT2D eigenvalue weighted by Crippen LogP contribution is -2.27. The molecule has 0 bridgehead atoms. The second-order valence-electron chi connectivity index (χ2n) is 11.2. The van der Waals surface area contributed by atoms with Crippen LogP contribution in [0, 0.1) is 23.2 Å². The maximum atomic E-state index is 10.1. The highest BCUT2D eigenvalue weighted by Crippen LogP contribution is 2.48. The van der Waals surface area contributed by atoms with Crippen LogP contribution in [0.2, 0.25) is 0 Å². The van der Waals surface area contributed by atoms with E-state index in [-0.39, 0.29) is 5.41 Å². The Morgan fingerprint density at radius 3 is 2.69 bits per heavy atom. The van der Waals surface area contributed by atoms with Crippen LogP contribution >= 0.6 is 0 Å². The summed E-state index contributed by atoms with van der Waals surface area (Å²) in [5.74, 6) is 1.79. The van der Waals surface area contributed by atoms with E-state index in [4.69, 9.17) is 0 Å². The van der Waals surface area contributed by atoms with Gasteiger partial charge in [-0.05, 0) is 80.3 Å². The lowest BCUT2D eigenvalue weighted by Gasteiger charge is -2.33. The van der Waals surface area contributed by atoms with Crippen LogP contribution in [-0.2, 0) is 0 Å². The topological polar surface area (TPSA) is 73.1 Å². The number of aliphatic hydroxyl groups is 2. The first kappa shape index (κ1) is 25.0. The molecule has 4 nitrogen and oxygen atoms in total. The second-order valence-corrected chi connectivity index (χ2v) is 11.2. The molecule has 0 saturated heterocycles. The Balaban J connectivity index is 1.61. The largest absolute Gasteiger partial charge is 0.411 e. The number of hydrogen-bond donors (Lipinski definition) is 3. The Hall–Kier alpha value is -1.65. The van der Waals surface area contributed by atoms with Gasteiger partial charge in [-0.25, -0.2) is 0 Å². The third-order valence-electron chi connectivity index (χ3n) is 7.85. The van der Waals surface area contributed by atoms with Crippen molar-refractivity contribution in [3.8, 4) is 0 Å². The Morgan fingerprint density at radius 1 is 1.25 bits per heavy atom. The van der Waals surface area contributed by atoms with Crippen LogP contribution in [0.4, 0.5) is 0 Å². The minimum absolute atomic E-state index is 0.0803. The summed E-state index contributed by atoms with van der Waals surface area (Å²) < 4.78 is 0. The molecule has 32 heavy (non-hydrogen) atoms. The summed E-state index contributed by atoms with van der Waals surface area (Å²) in [6.45, 7) is 12.7. The summed E-state index contributed by atoms with van der Waals surface area (Å²) in [7, 11) is 0. The highest BCUT2D eigenvalue weighted by atomic mass is 16.4. The molecule has 0 aromatic rings. The summed E-state index contributed by atoms with van der Waals surface area (Å²) in [4.78, 5) is 0. The zero-order valence-electron chi connectivity index (χ0n) is 20.5. The number of allylic oxidation sites excluding steroid dienone is 5. The van der Waals surface area contributed by atoms with Crippen LogP contribution in [0.1, 0.15) is 85.5 Å². The molecule has 0 aromatic heterocycles. The standard InChI is InChI=1S/C28H43NO3/c1-18(8-6-11-27(29-32)28(3,4)5)23-14-15-24-20(9-7-10-25(23)24)12-13-21-16-22(30)17-26(31)19(21)2/h12-14,18,22,24-26,30-32H,2,6-11,15-17H2,1,3-5H3/b20-12+,21-13-,29-27+/t18-,22-,24+,25-,26+/m1/s1. The lowest BCUT2D eigenvalue weighted by atomic mass is 9.72. The van der Waals surface area contributed by atoms with Crippen LogP contribution in [-0.4, -0.2) is 33.3 Å². The van der Waals surface area contributed by atoms with Crippen molar-refractivity contribution in [3.63, 3.8) is 0 Å². The fourth-order valence-corrected chi connectivity index (χ4v) is 5.86. The van der Waals surface area contributed by atoms with Crippen molar-refractivity contribution in [1.29, 1.82) is 0 Å². The Kier molecular flexibility index (Phi) is 8.21. The minimum atomic E-state index is -0.627. The summed E-state index contributed by atoms with van der Waals surface area (Å²) >= 11 is 0. The molecule has 0 heterocycles. The highest BCUT2D eigenvalue weighted by Gasteiger charge is 2.36. The van der Waals surface area contributed by atoms with Crippen molar-refractivity contribution in [1.82, 2.24) is 0 Å². The van der Waals surface area contributed by atoms with Gasteiger partial charge in [0.1, 0.15) is 0 Å². The monoisotopic (exact) mass is 441 g/mol. The van der Waals surface area contributed by atoms with Gasteiger partial charge in [-0.1, -0.05) is 68.8 Å². The SMILES string of the molecule is C=C1/C(=C\C=C2/CCC[C@@H]3C([C@H](C)CCC/C(=N\O)C(C)(C)C)=CC[C@@H]23)C[C@@H](O)C[C@@H]1O. The Bertz CT molecular complexity index is 811. The van der Waals surface area contributed by atoms with Gasteiger partial charge in [-0.2, -0.15) is 0 Å². The molecule has 2 saturated carbocycles. The number of fused-ring (bicyclic) bond motifs is 1. The van der Waals surface area contributed by atoms with Crippen LogP contribution < -0.4 is 0 Å². The summed E-state index contributed by atoms with van der Waals surface area (Å²) in [5.41, 5.74) is 5.70. The number of oxime groups is 1. The average molecular weight is 442 g/mol. The summed E-state index contributed by atoms with van der Waals surface area (Å²) in [6, 6.07) is 0. The fourth-order valence-electron chi connectivity index (χ4n) is 5.86. The molecule has 2 fully saturated rings. The van der Waals surface area contributed by atoms with Gasteiger partial charge in [0.15, 0.2) is 0 Å². The van der Waals surface area contributed by atoms with E-state index >= 15 is 0 Å². The van der Waals surface area contributed by atoms with Crippen LogP contribution in [0.25, 0.3) is 0 Å². The predicted octanol–water partition coefficient (Wildman–Crippen LogP) is 6.34. The van der Waals surface area contributed by atoms with E-state index in [9.17, 15) is 15.4 Å². The quantitative estimate of drug-likeness (QED) is 0.195. The van der Waals surface area contributed by atoms with E-state index in [2.05, 4.69) is 57.7 Å². The average Bonchev–Trinajstić information content (AvgIpc) is 3.16. The second kappa shape index (κ2) is 10.5. The minimum Gasteiger partial charge on any atom is -0.411 e. The van der Waals surface area contributed by atoms with Crippen molar-refractivity contribution < 1.29 is 15.4 Å². The van der Waals surface area contributed by atoms with Gasteiger partial charge in [0.25, 0.3) is 0 Å². The zero-order chi connectivity index (χ0) is 23.5. The van der Waals surface area contributed by atoms with E-state index in [0.29, 0.717) is 30.6 Å². The third kappa shape index (κ3) is 5.82. The van der Waals surface area contributed by atoms with Gasteiger partial charge >= 0.3 is 0 Å². The van der Waals surface area contributed by atoms with Crippen molar-refractivity contribution in [2.45, 2.75) is 97.7 Å².